The molecular formula is C38H66O2. The van der Waals surface area contributed by atoms with Gasteiger partial charge in [-0.15, -0.1) is 0 Å². The molecule has 0 amide bonds. The highest BCUT2D eigenvalue weighted by molar-refractivity contribution is 5.69. The number of esters is 1. The van der Waals surface area contributed by atoms with Crippen LogP contribution < -0.4 is 0 Å². The lowest BCUT2D eigenvalue weighted by molar-refractivity contribution is -0.142. The van der Waals surface area contributed by atoms with Crippen molar-refractivity contribution >= 4 is 5.97 Å². The predicted molar refractivity (Wildman–Crippen MR) is 179 cm³/mol. The van der Waals surface area contributed by atoms with Crippen LogP contribution in [0.1, 0.15) is 170 Å². The van der Waals surface area contributed by atoms with Crippen LogP contribution in [0.3, 0.4) is 0 Å². The van der Waals surface area contributed by atoms with Gasteiger partial charge in [-0.05, 0) is 111 Å². The largest absolute Gasteiger partial charge is 0.461 e. The van der Waals surface area contributed by atoms with E-state index in [2.05, 4.69) is 78.0 Å². The smallest absolute Gasteiger partial charge is 0.306 e. The van der Waals surface area contributed by atoms with Gasteiger partial charge in [-0.2, -0.15) is 0 Å². The van der Waals surface area contributed by atoms with Gasteiger partial charge in [0.2, 0.25) is 0 Å². The van der Waals surface area contributed by atoms with E-state index in [1.807, 2.05) is 0 Å². The minimum absolute atomic E-state index is 0.0541. The van der Waals surface area contributed by atoms with Crippen LogP contribution in [0.15, 0.2) is 58.7 Å². The van der Waals surface area contributed by atoms with E-state index in [-0.39, 0.29) is 5.97 Å². The maximum Gasteiger partial charge on any atom is 0.306 e. The molecule has 0 radical (unpaired) electrons. The van der Waals surface area contributed by atoms with Gasteiger partial charge in [0.1, 0.15) is 6.61 Å². The number of unbranched alkanes of at least 4 members (excludes halogenated alkanes) is 11. The van der Waals surface area contributed by atoms with Gasteiger partial charge in [0.05, 0.1) is 0 Å². The first-order valence-corrected chi connectivity index (χ1v) is 16.8. The molecule has 0 aliphatic carbocycles. The van der Waals surface area contributed by atoms with Gasteiger partial charge in [0.25, 0.3) is 0 Å². The molecule has 40 heavy (non-hydrogen) atoms. The van der Waals surface area contributed by atoms with E-state index in [9.17, 15) is 4.79 Å². The van der Waals surface area contributed by atoms with Crippen LogP contribution in [0.2, 0.25) is 0 Å². The van der Waals surface area contributed by atoms with Crippen molar-refractivity contribution in [3.8, 4) is 0 Å². The second kappa shape index (κ2) is 28.7. The lowest BCUT2D eigenvalue weighted by Gasteiger charge is -2.04. The van der Waals surface area contributed by atoms with Crippen molar-refractivity contribution in [3.63, 3.8) is 0 Å². The van der Waals surface area contributed by atoms with Crippen LogP contribution in [-0.4, -0.2) is 12.6 Å². The summed E-state index contributed by atoms with van der Waals surface area (Å²) in [6.45, 7) is 13.6. The first-order valence-electron chi connectivity index (χ1n) is 16.8. The molecule has 0 saturated heterocycles. The molecule has 230 valence electrons. The maximum atomic E-state index is 12.0. The monoisotopic (exact) mass is 555 g/mol. The quantitative estimate of drug-likeness (QED) is 0.0603. The molecular weight excluding hydrogens is 488 g/mol. The summed E-state index contributed by atoms with van der Waals surface area (Å²) in [5.41, 5.74) is 5.67. The summed E-state index contributed by atoms with van der Waals surface area (Å²) in [6, 6.07) is 0. The van der Waals surface area contributed by atoms with Gasteiger partial charge >= 0.3 is 5.97 Å². The number of hydrogen-bond donors (Lipinski definition) is 0. The highest BCUT2D eigenvalue weighted by atomic mass is 16.5. The third-order valence-electron chi connectivity index (χ3n) is 7.47. The summed E-state index contributed by atoms with van der Waals surface area (Å²) in [4.78, 5) is 12.0. The summed E-state index contributed by atoms with van der Waals surface area (Å²) in [5.74, 6) is -0.0541. The van der Waals surface area contributed by atoms with Crippen molar-refractivity contribution in [2.24, 2.45) is 0 Å². The summed E-state index contributed by atoms with van der Waals surface area (Å²) < 4.78 is 5.43. The normalized spacial score (nSPS) is 12.8. The van der Waals surface area contributed by atoms with Crippen molar-refractivity contribution in [2.45, 2.75) is 170 Å². The molecule has 0 rings (SSSR count). The van der Waals surface area contributed by atoms with Gasteiger partial charge in [0, 0.05) is 6.42 Å². The number of ether oxygens (including phenoxy) is 1. The van der Waals surface area contributed by atoms with Gasteiger partial charge in [-0.3, -0.25) is 4.79 Å². The summed E-state index contributed by atoms with van der Waals surface area (Å²) >= 11 is 0. The van der Waals surface area contributed by atoms with Gasteiger partial charge in [-0.25, -0.2) is 0 Å². The Hall–Kier alpha value is -1.83. The molecule has 0 unspecified atom stereocenters. The van der Waals surface area contributed by atoms with E-state index in [4.69, 9.17) is 4.74 Å². The van der Waals surface area contributed by atoms with Crippen molar-refractivity contribution in [1.82, 2.24) is 0 Å². The molecule has 0 aliphatic rings. The first kappa shape index (κ1) is 38.2. The number of hydrogen-bond acceptors (Lipinski definition) is 2. The molecule has 0 heterocycles. The standard InChI is InChI=1S/C38H66O2/c1-7-8-9-10-11-12-13-14-15-16-17-18-19-20-21-31-38(39)40-33-32-37(6)30-24-29-36(5)28-23-27-35(4)26-22-25-34(2)3/h14-15,25,27,29,32H,7-13,16-24,26,28,30-31,33H2,1-6H3/b15-14+,35-27+,36-29+,37-32+. The number of carbonyl (C=O) groups is 1. The van der Waals surface area contributed by atoms with E-state index in [1.54, 1.807) is 0 Å². The summed E-state index contributed by atoms with van der Waals surface area (Å²) in [6.07, 6.45) is 37.6. The molecule has 0 aromatic rings. The topological polar surface area (TPSA) is 26.3 Å². The first-order chi connectivity index (χ1) is 19.3. The van der Waals surface area contributed by atoms with Crippen molar-refractivity contribution in [2.75, 3.05) is 6.61 Å². The molecule has 0 aromatic heterocycles. The molecule has 0 spiro atoms. The van der Waals surface area contributed by atoms with Crippen LogP contribution >= 0.6 is 0 Å². The van der Waals surface area contributed by atoms with Crippen LogP contribution in [0.25, 0.3) is 0 Å². The fourth-order valence-electron chi connectivity index (χ4n) is 4.68. The van der Waals surface area contributed by atoms with Crippen LogP contribution in [0.5, 0.6) is 0 Å². The van der Waals surface area contributed by atoms with Crippen molar-refractivity contribution < 1.29 is 9.53 Å². The van der Waals surface area contributed by atoms with Crippen LogP contribution in [0, 0.1) is 0 Å². The summed E-state index contributed by atoms with van der Waals surface area (Å²) in [7, 11) is 0. The molecule has 0 atom stereocenters. The lowest BCUT2D eigenvalue weighted by atomic mass is 10.0. The zero-order valence-electron chi connectivity index (χ0n) is 27.6. The van der Waals surface area contributed by atoms with Gasteiger partial charge in [-0.1, -0.05) is 111 Å². The zero-order valence-corrected chi connectivity index (χ0v) is 27.6. The molecule has 0 bridgehead atoms. The van der Waals surface area contributed by atoms with E-state index in [0.29, 0.717) is 13.0 Å². The molecule has 0 N–H and O–H groups in total. The number of rotatable bonds is 26. The lowest BCUT2D eigenvalue weighted by Crippen LogP contribution is -2.04. The van der Waals surface area contributed by atoms with E-state index < -0.39 is 0 Å². The minimum atomic E-state index is -0.0541. The molecule has 2 nitrogen and oxygen atoms in total. The Morgan fingerprint density at radius 2 is 0.950 bits per heavy atom. The Kier molecular flexibility index (Phi) is 27.4. The minimum Gasteiger partial charge on any atom is -0.461 e. The Morgan fingerprint density at radius 1 is 0.500 bits per heavy atom. The second-order valence-corrected chi connectivity index (χ2v) is 12.1. The zero-order chi connectivity index (χ0) is 29.7. The molecule has 0 saturated carbocycles. The predicted octanol–water partition coefficient (Wildman–Crippen LogP) is 12.7. The van der Waals surface area contributed by atoms with Crippen molar-refractivity contribution in [3.05, 3.63) is 58.7 Å². The Labute approximate surface area is 250 Å². The number of allylic oxidation sites excluding steroid dienone is 9. The Balaban J connectivity index is 3.72. The Morgan fingerprint density at radius 3 is 1.48 bits per heavy atom. The fraction of sp³-hybridized carbons (Fsp3) is 0.711. The van der Waals surface area contributed by atoms with Gasteiger partial charge in [0.15, 0.2) is 0 Å². The second-order valence-electron chi connectivity index (χ2n) is 12.1. The van der Waals surface area contributed by atoms with E-state index >= 15 is 0 Å². The van der Waals surface area contributed by atoms with Crippen molar-refractivity contribution in [1.29, 1.82) is 0 Å². The Bertz CT molecular complexity index is 758. The third-order valence-corrected chi connectivity index (χ3v) is 7.47. The average molecular weight is 555 g/mol. The third kappa shape index (κ3) is 29.2. The molecule has 2 heteroatoms. The van der Waals surface area contributed by atoms with Crippen LogP contribution in [0.4, 0.5) is 0 Å². The average Bonchev–Trinajstić information content (AvgIpc) is 2.90. The maximum absolute atomic E-state index is 12.0. The highest BCUT2D eigenvalue weighted by Gasteiger charge is 2.02. The summed E-state index contributed by atoms with van der Waals surface area (Å²) in [5, 5.41) is 0. The highest BCUT2D eigenvalue weighted by Crippen LogP contribution is 2.14. The molecule has 0 fully saturated rings. The van der Waals surface area contributed by atoms with Crippen LogP contribution in [-0.2, 0) is 9.53 Å². The SMILES string of the molecule is CCCCCCCC/C=C/CCCCCCCC(=O)OC/C=C(\C)CC/C=C(\C)CC/C=C(\C)CCC=C(C)C. The molecule has 0 aliphatic heterocycles. The fourth-order valence-corrected chi connectivity index (χ4v) is 4.68. The number of carbonyl (C=O) groups excluding carboxylic acids is 1. The van der Waals surface area contributed by atoms with Gasteiger partial charge < -0.3 is 4.74 Å². The van der Waals surface area contributed by atoms with E-state index in [1.165, 1.54) is 99.3 Å². The molecule has 0 aromatic carbocycles. The van der Waals surface area contributed by atoms with E-state index in [0.717, 1.165) is 44.9 Å².